The van der Waals surface area contributed by atoms with Gasteiger partial charge in [-0.1, -0.05) is 22.0 Å². The molecule has 0 fully saturated rings. The highest BCUT2D eigenvalue weighted by Crippen LogP contribution is 2.44. The Bertz CT molecular complexity index is 1630. The molecule has 4 aromatic rings. The van der Waals surface area contributed by atoms with Crippen molar-refractivity contribution in [3.05, 3.63) is 99.4 Å². The van der Waals surface area contributed by atoms with Crippen molar-refractivity contribution >= 4 is 44.3 Å². The average molecular weight is 559 g/mol. The molecule has 2 N–H and O–H groups in total. The van der Waals surface area contributed by atoms with Crippen LogP contribution in [0.15, 0.2) is 87.0 Å². The fourth-order valence-electron chi connectivity index (χ4n) is 4.35. The maximum Gasteiger partial charge on any atom is 0.294 e. The second-order valence-electron chi connectivity index (χ2n) is 8.28. The van der Waals surface area contributed by atoms with Crippen molar-refractivity contribution in [3.63, 3.8) is 0 Å². The average Bonchev–Trinajstić information content (AvgIpc) is 3.43. The van der Waals surface area contributed by atoms with Crippen molar-refractivity contribution in [3.8, 4) is 17.6 Å². The second-order valence-corrected chi connectivity index (χ2v) is 9.20. The quantitative estimate of drug-likeness (QED) is 0.280. The van der Waals surface area contributed by atoms with Gasteiger partial charge in [0.1, 0.15) is 5.58 Å². The summed E-state index contributed by atoms with van der Waals surface area (Å²) in [5, 5.41) is 31.1. The lowest BCUT2D eigenvalue weighted by Crippen LogP contribution is -2.31. The number of aliphatic hydroxyl groups excluding tert-OH is 1. The minimum atomic E-state index is -1.06. The molecule has 1 aliphatic heterocycles. The minimum Gasteiger partial charge on any atom is -0.504 e. The third-order valence-electron chi connectivity index (χ3n) is 6.03. The number of fused-ring (bicyclic) bond motifs is 1. The Morgan fingerprint density at radius 1 is 1.11 bits per heavy atom. The molecule has 0 saturated carbocycles. The summed E-state index contributed by atoms with van der Waals surface area (Å²) in [6, 6.07) is 18.5. The van der Waals surface area contributed by atoms with Crippen LogP contribution in [-0.4, -0.2) is 28.5 Å². The normalized spacial score (nSPS) is 15.3. The van der Waals surface area contributed by atoms with Crippen LogP contribution in [0.25, 0.3) is 11.0 Å². The summed E-state index contributed by atoms with van der Waals surface area (Å²) in [5.41, 5.74) is 1.46. The van der Waals surface area contributed by atoms with Gasteiger partial charge in [-0.05, 0) is 73.2 Å². The van der Waals surface area contributed by atoms with Gasteiger partial charge in [-0.2, -0.15) is 5.26 Å². The molecule has 1 unspecified atom stereocenters. The van der Waals surface area contributed by atoms with Gasteiger partial charge in [0.15, 0.2) is 23.0 Å². The number of anilines is 1. The predicted octanol–water partition coefficient (Wildman–Crippen LogP) is 5.95. The zero-order valence-corrected chi connectivity index (χ0v) is 21.0. The summed E-state index contributed by atoms with van der Waals surface area (Å²) in [4.78, 5) is 28.4. The van der Waals surface area contributed by atoms with Gasteiger partial charge in [0, 0.05) is 15.5 Å². The summed E-state index contributed by atoms with van der Waals surface area (Å²) in [6.07, 6.45) is 0. The number of ether oxygens (including phenoxy) is 1. The molecule has 1 atom stereocenters. The number of benzene rings is 3. The van der Waals surface area contributed by atoms with Crippen LogP contribution in [0.2, 0.25) is 0 Å². The van der Waals surface area contributed by atoms with E-state index in [-0.39, 0.29) is 29.4 Å². The van der Waals surface area contributed by atoms with Crippen molar-refractivity contribution in [2.45, 2.75) is 13.0 Å². The Kier molecular flexibility index (Phi) is 6.19. The van der Waals surface area contributed by atoms with E-state index in [1.165, 1.54) is 29.2 Å². The summed E-state index contributed by atoms with van der Waals surface area (Å²) >= 11 is 3.39. The number of hydrogen-bond acceptors (Lipinski definition) is 7. The molecule has 2 heterocycles. The molecular weight excluding hydrogens is 540 g/mol. The lowest BCUT2D eigenvalue weighted by molar-refractivity contribution is -0.117. The number of carbonyl (C=O) groups excluding carboxylic acids is 2. The number of halogens is 1. The first-order chi connectivity index (χ1) is 17.8. The van der Waals surface area contributed by atoms with E-state index < -0.39 is 23.5 Å². The van der Waals surface area contributed by atoms with Crippen LogP contribution in [0, 0.1) is 11.3 Å². The molecule has 0 bridgehead atoms. The van der Waals surface area contributed by atoms with Crippen LogP contribution >= 0.6 is 15.9 Å². The van der Waals surface area contributed by atoms with Crippen LogP contribution in [0.4, 0.5) is 5.69 Å². The molecule has 0 spiro atoms. The SMILES string of the molecule is CCOc1cc(C2C(C(=O)c3cc4cc(Br)ccc4o3)=C(O)C(=O)N2c2ccc(C#N)cc2)ccc1O. The summed E-state index contributed by atoms with van der Waals surface area (Å²) in [6.45, 7) is 2.04. The topological polar surface area (TPSA) is 124 Å². The van der Waals surface area contributed by atoms with Gasteiger partial charge in [0.2, 0.25) is 5.78 Å². The zero-order chi connectivity index (χ0) is 26.3. The van der Waals surface area contributed by atoms with Gasteiger partial charge >= 0.3 is 0 Å². The first-order valence-corrected chi connectivity index (χ1v) is 12.1. The van der Waals surface area contributed by atoms with Gasteiger partial charge in [0.25, 0.3) is 5.91 Å². The number of phenolic OH excluding ortho intramolecular Hbond substituents is 1. The van der Waals surface area contributed by atoms with Gasteiger partial charge in [-0.15, -0.1) is 0 Å². The van der Waals surface area contributed by atoms with E-state index in [0.717, 1.165) is 4.47 Å². The van der Waals surface area contributed by atoms with Crippen LogP contribution in [-0.2, 0) is 4.79 Å². The fourth-order valence-corrected chi connectivity index (χ4v) is 4.73. The van der Waals surface area contributed by atoms with Crippen molar-refractivity contribution in [1.29, 1.82) is 5.26 Å². The molecule has 0 saturated heterocycles. The number of nitrogens with zero attached hydrogens (tertiary/aromatic N) is 2. The Hall–Kier alpha value is -4.55. The van der Waals surface area contributed by atoms with Gasteiger partial charge in [-0.3, -0.25) is 14.5 Å². The van der Waals surface area contributed by atoms with Crippen LogP contribution in [0.5, 0.6) is 11.5 Å². The molecule has 0 aliphatic carbocycles. The highest BCUT2D eigenvalue weighted by molar-refractivity contribution is 9.10. The Labute approximate surface area is 219 Å². The van der Waals surface area contributed by atoms with E-state index in [2.05, 4.69) is 15.9 Å². The molecule has 8 nitrogen and oxygen atoms in total. The monoisotopic (exact) mass is 558 g/mol. The van der Waals surface area contributed by atoms with Crippen LogP contribution in [0.1, 0.15) is 34.6 Å². The van der Waals surface area contributed by atoms with E-state index in [9.17, 15) is 19.8 Å². The molecule has 0 radical (unpaired) electrons. The number of furan rings is 1. The molecular formula is C28H19BrN2O6. The van der Waals surface area contributed by atoms with Crippen LogP contribution < -0.4 is 9.64 Å². The van der Waals surface area contributed by atoms with Crippen molar-refractivity contribution in [2.24, 2.45) is 0 Å². The van der Waals surface area contributed by atoms with Crippen molar-refractivity contribution < 1.29 is 29.0 Å². The smallest absolute Gasteiger partial charge is 0.294 e. The number of Topliss-reactive ketones (excluding diaryl/α,β-unsaturated/α-hetero) is 1. The number of rotatable bonds is 6. The highest BCUT2D eigenvalue weighted by atomic mass is 79.9. The molecule has 37 heavy (non-hydrogen) atoms. The highest BCUT2D eigenvalue weighted by Gasteiger charge is 2.45. The third kappa shape index (κ3) is 4.21. The Balaban J connectivity index is 1.67. The molecule has 1 aromatic heterocycles. The number of aliphatic hydroxyl groups is 1. The van der Waals surface area contributed by atoms with E-state index in [4.69, 9.17) is 14.4 Å². The van der Waals surface area contributed by atoms with Crippen molar-refractivity contribution in [1.82, 2.24) is 0 Å². The minimum absolute atomic E-state index is 0.0436. The first-order valence-electron chi connectivity index (χ1n) is 11.3. The third-order valence-corrected chi connectivity index (χ3v) is 6.52. The van der Waals surface area contributed by atoms with Crippen molar-refractivity contribution in [2.75, 3.05) is 11.5 Å². The molecule has 9 heteroatoms. The number of hydrogen-bond donors (Lipinski definition) is 2. The molecule has 5 rings (SSSR count). The fraction of sp³-hybridized carbons (Fsp3) is 0.107. The molecule has 184 valence electrons. The Morgan fingerprint density at radius 3 is 2.57 bits per heavy atom. The standard InChI is InChI=1S/C28H19BrN2O6/c1-2-36-22-12-16(5-9-20(22)32)25-24(26(33)23-13-17-11-18(29)6-10-21(17)37-23)27(34)28(35)31(25)19-7-3-15(14-30)4-8-19/h3-13,25,32,34H,2H2,1H3. The molecule has 3 aromatic carbocycles. The van der Waals surface area contributed by atoms with E-state index in [1.54, 1.807) is 49.4 Å². The number of nitriles is 1. The van der Waals surface area contributed by atoms with Gasteiger partial charge in [-0.25, -0.2) is 0 Å². The molecule has 1 amide bonds. The lowest BCUT2D eigenvalue weighted by atomic mass is 9.94. The van der Waals surface area contributed by atoms with E-state index in [0.29, 0.717) is 27.8 Å². The first kappa shape index (κ1) is 24.2. The number of ketones is 1. The van der Waals surface area contributed by atoms with Gasteiger partial charge < -0.3 is 19.4 Å². The summed E-state index contributed by atoms with van der Waals surface area (Å²) in [7, 11) is 0. The second kappa shape index (κ2) is 9.48. The Morgan fingerprint density at radius 2 is 1.86 bits per heavy atom. The van der Waals surface area contributed by atoms with E-state index in [1.807, 2.05) is 6.07 Å². The lowest BCUT2D eigenvalue weighted by Gasteiger charge is -2.27. The summed E-state index contributed by atoms with van der Waals surface area (Å²) in [5.74, 6) is -2.15. The maximum absolute atomic E-state index is 13.8. The van der Waals surface area contributed by atoms with Crippen LogP contribution in [0.3, 0.4) is 0 Å². The number of carbonyl (C=O) groups is 2. The van der Waals surface area contributed by atoms with Gasteiger partial charge in [0.05, 0.1) is 29.9 Å². The maximum atomic E-state index is 13.8. The summed E-state index contributed by atoms with van der Waals surface area (Å²) < 4.78 is 12.1. The van der Waals surface area contributed by atoms with E-state index >= 15 is 0 Å². The zero-order valence-electron chi connectivity index (χ0n) is 19.4. The number of aromatic hydroxyl groups is 1. The number of amides is 1. The predicted molar refractivity (Wildman–Crippen MR) is 139 cm³/mol. The number of phenols is 1. The largest absolute Gasteiger partial charge is 0.504 e. The molecule has 1 aliphatic rings.